The number of nitriles is 1. The summed E-state index contributed by atoms with van der Waals surface area (Å²) in [5, 5.41) is 10.2. The number of benzene rings is 1. The molecule has 1 aliphatic rings. The van der Waals surface area contributed by atoms with Crippen molar-refractivity contribution in [2.75, 3.05) is 38.1 Å². The summed E-state index contributed by atoms with van der Waals surface area (Å²) in [6.45, 7) is 3.31. The molecule has 1 saturated heterocycles. The molecule has 1 aliphatic heterocycles. The monoisotopic (exact) mass is 377 g/mol. The molecule has 1 aromatic carbocycles. The zero-order valence-corrected chi connectivity index (χ0v) is 15.5. The molecule has 25 heavy (non-hydrogen) atoms. The molecule has 1 aromatic heterocycles. The molecule has 2 aromatic rings. The van der Waals surface area contributed by atoms with Gasteiger partial charge in [0, 0.05) is 38.8 Å². The van der Waals surface area contributed by atoms with Gasteiger partial charge < -0.3 is 9.80 Å². The molecule has 0 saturated carbocycles. The largest absolute Gasteiger partial charge is 0.340 e. The van der Waals surface area contributed by atoms with E-state index in [1.807, 2.05) is 6.07 Å². The van der Waals surface area contributed by atoms with Crippen molar-refractivity contribution in [1.82, 2.24) is 14.5 Å². The summed E-state index contributed by atoms with van der Waals surface area (Å²) in [4.78, 5) is 21.6. The van der Waals surface area contributed by atoms with E-state index in [4.69, 9.17) is 23.2 Å². The zero-order valence-electron chi connectivity index (χ0n) is 14.0. The Bertz CT molecular complexity index is 910. The molecule has 0 atom stereocenters. The van der Waals surface area contributed by atoms with Crippen molar-refractivity contribution in [3.05, 3.63) is 44.2 Å². The topological polar surface area (TPSA) is 65.2 Å². The first-order valence-electron chi connectivity index (χ1n) is 7.82. The van der Waals surface area contributed by atoms with Crippen LogP contribution in [0.2, 0.25) is 10.0 Å². The van der Waals surface area contributed by atoms with E-state index >= 15 is 0 Å². The van der Waals surface area contributed by atoms with Crippen LogP contribution in [0.1, 0.15) is 5.56 Å². The van der Waals surface area contributed by atoms with Crippen LogP contribution in [0.25, 0.3) is 11.3 Å². The minimum Gasteiger partial charge on any atom is -0.340 e. The summed E-state index contributed by atoms with van der Waals surface area (Å²) in [5.41, 5.74) is 0.559. The van der Waals surface area contributed by atoms with Crippen LogP contribution in [0.15, 0.2) is 23.0 Å². The third-order valence-corrected chi connectivity index (χ3v) is 5.10. The van der Waals surface area contributed by atoms with Crippen molar-refractivity contribution in [3.63, 3.8) is 0 Å². The minimum absolute atomic E-state index is 0.00114. The summed E-state index contributed by atoms with van der Waals surface area (Å²) < 4.78 is 1.44. The maximum atomic E-state index is 12.7. The molecule has 6 nitrogen and oxygen atoms in total. The highest BCUT2D eigenvalue weighted by Gasteiger charge is 2.22. The second kappa shape index (κ2) is 7.04. The Labute approximate surface area is 155 Å². The number of hydrogen-bond acceptors (Lipinski definition) is 5. The van der Waals surface area contributed by atoms with Gasteiger partial charge in [0.2, 0.25) is 5.95 Å². The molecule has 3 rings (SSSR count). The van der Waals surface area contributed by atoms with Crippen molar-refractivity contribution in [2.24, 2.45) is 7.05 Å². The van der Waals surface area contributed by atoms with Gasteiger partial charge in [0.05, 0.1) is 15.7 Å². The third kappa shape index (κ3) is 3.36. The van der Waals surface area contributed by atoms with Gasteiger partial charge in [-0.05, 0) is 19.2 Å². The number of rotatable bonds is 2. The van der Waals surface area contributed by atoms with Crippen molar-refractivity contribution in [3.8, 4) is 17.3 Å². The van der Waals surface area contributed by atoms with Crippen LogP contribution >= 0.6 is 23.2 Å². The van der Waals surface area contributed by atoms with Crippen LogP contribution in [-0.4, -0.2) is 47.7 Å². The Morgan fingerprint density at radius 3 is 2.40 bits per heavy atom. The van der Waals surface area contributed by atoms with Crippen molar-refractivity contribution >= 4 is 29.2 Å². The van der Waals surface area contributed by atoms with Crippen LogP contribution in [0.5, 0.6) is 0 Å². The molecule has 0 N–H and O–H groups in total. The molecule has 0 spiro atoms. The van der Waals surface area contributed by atoms with Crippen molar-refractivity contribution < 1.29 is 0 Å². The Kier molecular flexibility index (Phi) is 5.00. The lowest BCUT2D eigenvalue weighted by Gasteiger charge is -2.34. The fourth-order valence-corrected chi connectivity index (χ4v) is 3.13. The van der Waals surface area contributed by atoms with Crippen LogP contribution in [0.4, 0.5) is 5.95 Å². The molecule has 2 heterocycles. The highest BCUT2D eigenvalue weighted by molar-refractivity contribution is 6.42. The predicted octanol–water partition coefficient (Wildman–Crippen LogP) is 2.38. The second-order valence-electron chi connectivity index (χ2n) is 6.03. The van der Waals surface area contributed by atoms with Gasteiger partial charge >= 0.3 is 0 Å². The van der Waals surface area contributed by atoms with Gasteiger partial charge in [-0.25, -0.2) is 4.98 Å². The SMILES string of the molecule is CN1CCN(c2nc(-c3ccc(Cl)c(Cl)c3)c(C#N)c(=O)n2C)CC1. The summed E-state index contributed by atoms with van der Waals surface area (Å²) >= 11 is 12.1. The molecule has 0 radical (unpaired) electrons. The van der Waals surface area contributed by atoms with Crippen molar-refractivity contribution in [1.29, 1.82) is 5.26 Å². The first-order chi connectivity index (χ1) is 11.9. The highest BCUT2D eigenvalue weighted by Crippen LogP contribution is 2.29. The molecule has 130 valence electrons. The zero-order chi connectivity index (χ0) is 18.1. The maximum Gasteiger partial charge on any atom is 0.273 e. The van der Waals surface area contributed by atoms with Crippen LogP contribution < -0.4 is 10.5 Å². The first-order valence-corrected chi connectivity index (χ1v) is 8.58. The van der Waals surface area contributed by atoms with E-state index in [-0.39, 0.29) is 11.1 Å². The average molecular weight is 378 g/mol. The Balaban J connectivity index is 2.16. The van der Waals surface area contributed by atoms with Crippen LogP contribution in [-0.2, 0) is 7.05 Å². The molecular formula is C17H17Cl2N5O. The number of hydrogen-bond donors (Lipinski definition) is 0. The van der Waals surface area contributed by atoms with Gasteiger partial charge in [0.15, 0.2) is 0 Å². The van der Waals surface area contributed by atoms with Gasteiger partial charge in [-0.1, -0.05) is 29.3 Å². The lowest BCUT2D eigenvalue weighted by molar-refractivity contribution is 0.310. The summed E-state index contributed by atoms with van der Waals surface area (Å²) in [6, 6.07) is 6.95. The summed E-state index contributed by atoms with van der Waals surface area (Å²) in [7, 11) is 3.70. The third-order valence-electron chi connectivity index (χ3n) is 4.36. The van der Waals surface area contributed by atoms with Gasteiger partial charge in [0.1, 0.15) is 11.6 Å². The number of halogens is 2. The summed E-state index contributed by atoms with van der Waals surface area (Å²) in [5.74, 6) is 0.554. The first kappa shape index (κ1) is 17.7. The Morgan fingerprint density at radius 2 is 1.80 bits per heavy atom. The molecule has 0 aliphatic carbocycles. The van der Waals surface area contributed by atoms with Gasteiger partial charge in [-0.2, -0.15) is 5.26 Å². The van der Waals surface area contributed by atoms with Gasteiger partial charge in [0.25, 0.3) is 5.56 Å². The van der Waals surface area contributed by atoms with E-state index in [1.54, 1.807) is 25.2 Å². The fourth-order valence-electron chi connectivity index (χ4n) is 2.83. The molecule has 0 bridgehead atoms. The summed E-state index contributed by atoms with van der Waals surface area (Å²) in [6.07, 6.45) is 0. The Hall–Kier alpha value is -2.07. The molecule has 1 fully saturated rings. The standard InChI is InChI=1S/C17H17Cl2N5O/c1-22-5-7-24(8-6-22)17-21-15(12(10-20)16(25)23(17)2)11-3-4-13(18)14(19)9-11/h3-4,9H,5-8H2,1-2H3. The van der Waals surface area contributed by atoms with E-state index in [9.17, 15) is 10.1 Å². The number of aromatic nitrogens is 2. The lowest BCUT2D eigenvalue weighted by Crippen LogP contribution is -2.46. The predicted molar refractivity (Wildman–Crippen MR) is 99.4 cm³/mol. The molecule has 0 unspecified atom stereocenters. The highest BCUT2D eigenvalue weighted by atomic mass is 35.5. The fraction of sp³-hybridized carbons (Fsp3) is 0.353. The quantitative estimate of drug-likeness (QED) is 0.803. The molecule has 0 amide bonds. The van der Waals surface area contributed by atoms with Gasteiger partial charge in [-0.3, -0.25) is 9.36 Å². The Morgan fingerprint density at radius 1 is 1.12 bits per heavy atom. The van der Waals surface area contributed by atoms with E-state index in [1.165, 1.54) is 4.57 Å². The molecule has 8 heteroatoms. The van der Waals surface area contributed by atoms with Crippen LogP contribution in [0, 0.1) is 11.3 Å². The average Bonchev–Trinajstić information content (AvgIpc) is 2.60. The number of anilines is 1. The number of piperazine rings is 1. The number of likely N-dealkylation sites (N-methyl/N-ethyl adjacent to an activating group) is 1. The molecular weight excluding hydrogens is 361 g/mol. The maximum absolute atomic E-state index is 12.7. The lowest BCUT2D eigenvalue weighted by atomic mass is 10.1. The van der Waals surface area contributed by atoms with E-state index in [0.717, 1.165) is 26.2 Å². The van der Waals surface area contributed by atoms with Gasteiger partial charge in [-0.15, -0.1) is 0 Å². The van der Waals surface area contributed by atoms with E-state index in [0.29, 0.717) is 27.3 Å². The minimum atomic E-state index is -0.368. The van der Waals surface area contributed by atoms with Crippen LogP contribution in [0.3, 0.4) is 0 Å². The second-order valence-corrected chi connectivity index (χ2v) is 6.84. The van der Waals surface area contributed by atoms with Crippen molar-refractivity contribution in [2.45, 2.75) is 0 Å². The van der Waals surface area contributed by atoms with E-state index in [2.05, 4.69) is 21.8 Å². The normalized spacial score (nSPS) is 15.2. The smallest absolute Gasteiger partial charge is 0.273 e. The number of nitrogens with zero attached hydrogens (tertiary/aromatic N) is 5. The van der Waals surface area contributed by atoms with E-state index < -0.39 is 0 Å².